The highest BCUT2D eigenvalue weighted by Gasteiger charge is 2.25. The molecule has 1 amide bonds. The second kappa shape index (κ2) is 5.70. The maximum atomic E-state index is 11.8. The van der Waals surface area contributed by atoms with Crippen molar-refractivity contribution in [1.29, 1.82) is 0 Å². The van der Waals surface area contributed by atoms with E-state index >= 15 is 0 Å². The first-order valence-corrected chi connectivity index (χ1v) is 6.21. The summed E-state index contributed by atoms with van der Waals surface area (Å²) in [5.74, 6) is 5.75. The molecule has 2 N–H and O–H groups in total. The predicted molar refractivity (Wildman–Crippen MR) is 71.1 cm³/mol. The van der Waals surface area contributed by atoms with E-state index in [1.165, 1.54) is 0 Å². The van der Waals surface area contributed by atoms with Gasteiger partial charge in [-0.15, -0.1) is 0 Å². The van der Waals surface area contributed by atoms with Crippen molar-refractivity contribution in [2.75, 3.05) is 11.9 Å². The van der Waals surface area contributed by atoms with Gasteiger partial charge in [0.25, 0.3) is 0 Å². The lowest BCUT2D eigenvalue weighted by atomic mass is 9.85. The van der Waals surface area contributed by atoms with Crippen LogP contribution in [-0.2, 0) is 4.79 Å². The largest absolute Gasteiger partial charge is 0.384 e. The molecule has 0 unspecified atom stereocenters. The first-order chi connectivity index (χ1) is 8.69. The predicted octanol–water partition coefficient (Wildman–Crippen LogP) is 2.08. The summed E-state index contributed by atoms with van der Waals surface area (Å²) < 4.78 is 0. The molecule has 1 aromatic carbocycles. The van der Waals surface area contributed by atoms with E-state index in [1.807, 2.05) is 25.1 Å². The maximum Gasteiger partial charge on any atom is 0.227 e. The number of rotatable bonds is 2. The van der Waals surface area contributed by atoms with Gasteiger partial charge in [-0.2, -0.15) is 0 Å². The minimum absolute atomic E-state index is 0.105. The first kappa shape index (κ1) is 12.7. The molecule has 0 aliphatic heterocycles. The molecule has 1 aromatic rings. The summed E-state index contributed by atoms with van der Waals surface area (Å²) >= 11 is 0. The van der Waals surface area contributed by atoms with Crippen LogP contribution in [0.25, 0.3) is 0 Å². The van der Waals surface area contributed by atoms with Gasteiger partial charge in [-0.25, -0.2) is 0 Å². The number of aliphatic hydroxyl groups is 1. The fourth-order valence-electron chi connectivity index (χ4n) is 1.98. The van der Waals surface area contributed by atoms with Gasteiger partial charge in [0.1, 0.15) is 6.61 Å². The van der Waals surface area contributed by atoms with Gasteiger partial charge in [0, 0.05) is 17.2 Å². The second-order valence-corrected chi connectivity index (χ2v) is 4.66. The molecule has 18 heavy (non-hydrogen) atoms. The summed E-state index contributed by atoms with van der Waals surface area (Å²) in [4.78, 5) is 11.8. The number of amides is 1. The van der Waals surface area contributed by atoms with Gasteiger partial charge in [0.05, 0.1) is 0 Å². The van der Waals surface area contributed by atoms with E-state index < -0.39 is 0 Å². The van der Waals surface area contributed by atoms with Crippen LogP contribution in [0.5, 0.6) is 0 Å². The monoisotopic (exact) mass is 243 g/mol. The molecule has 1 saturated carbocycles. The van der Waals surface area contributed by atoms with E-state index in [1.54, 1.807) is 0 Å². The van der Waals surface area contributed by atoms with Crippen LogP contribution in [0.15, 0.2) is 18.2 Å². The number of aryl methyl sites for hydroxylation is 1. The van der Waals surface area contributed by atoms with Crippen LogP contribution in [0.3, 0.4) is 0 Å². The van der Waals surface area contributed by atoms with Crippen molar-refractivity contribution in [3.8, 4) is 11.8 Å². The molecule has 0 saturated heterocycles. The Kier molecular flexibility index (Phi) is 4.01. The standard InChI is InChI=1S/C15H17NO2/c1-11-8-12(4-3-7-17)10-14(9-11)16-15(18)13-5-2-6-13/h8-10,13,17H,2,5-7H2,1H3,(H,16,18). The number of anilines is 1. The van der Waals surface area contributed by atoms with Crippen molar-refractivity contribution in [3.05, 3.63) is 29.3 Å². The molecule has 0 atom stereocenters. The van der Waals surface area contributed by atoms with Crippen LogP contribution in [0.4, 0.5) is 5.69 Å². The molecule has 2 rings (SSSR count). The zero-order valence-corrected chi connectivity index (χ0v) is 10.5. The van der Waals surface area contributed by atoms with Gasteiger partial charge in [0.2, 0.25) is 5.91 Å². The quantitative estimate of drug-likeness (QED) is 0.781. The normalized spacial score (nSPS) is 14.3. The lowest BCUT2D eigenvalue weighted by Gasteiger charge is -2.24. The Bertz CT molecular complexity index is 507. The van der Waals surface area contributed by atoms with E-state index in [2.05, 4.69) is 17.2 Å². The highest BCUT2D eigenvalue weighted by molar-refractivity contribution is 5.93. The van der Waals surface area contributed by atoms with Crippen molar-refractivity contribution in [3.63, 3.8) is 0 Å². The first-order valence-electron chi connectivity index (χ1n) is 6.21. The molecule has 0 radical (unpaired) electrons. The lowest BCUT2D eigenvalue weighted by Crippen LogP contribution is -2.28. The summed E-state index contributed by atoms with van der Waals surface area (Å²) in [6, 6.07) is 5.70. The maximum absolute atomic E-state index is 11.8. The van der Waals surface area contributed by atoms with E-state index in [0.29, 0.717) is 0 Å². The number of nitrogens with one attached hydrogen (secondary N) is 1. The third kappa shape index (κ3) is 3.12. The molecule has 1 aliphatic carbocycles. The van der Waals surface area contributed by atoms with Gasteiger partial charge in [-0.3, -0.25) is 4.79 Å². The van der Waals surface area contributed by atoms with Gasteiger partial charge in [-0.1, -0.05) is 18.3 Å². The van der Waals surface area contributed by atoms with Gasteiger partial charge >= 0.3 is 0 Å². The third-order valence-electron chi connectivity index (χ3n) is 3.13. The molecule has 0 aromatic heterocycles. The summed E-state index contributed by atoms with van der Waals surface area (Å²) in [7, 11) is 0. The molecular formula is C15H17NO2. The molecule has 3 heteroatoms. The van der Waals surface area contributed by atoms with Gasteiger partial charge in [-0.05, 0) is 43.5 Å². The number of carbonyl (C=O) groups is 1. The third-order valence-corrected chi connectivity index (χ3v) is 3.13. The fraction of sp³-hybridized carbons (Fsp3) is 0.400. The molecule has 1 aliphatic rings. The van der Waals surface area contributed by atoms with Crippen molar-refractivity contribution in [2.45, 2.75) is 26.2 Å². The summed E-state index contributed by atoms with van der Waals surface area (Å²) in [6.45, 7) is 1.81. The Balaban J connectivity index is 2.11. The van der Waals surface area contributed by atoms with Crippen LogP contribution in [-0.4, -0.2) is 17.6 Å². The Morgan fingerprint density at radius 1 is 1.44 bits per heavy atom. The van der Waals surface area contributed by atoms with E-state index in [-0.39, 0.29) is 18.4 Å². The lowest BCUT2D eigenvalue weighted by molar-refractivity contribution is -0.122. The van der Waals surface area contributed by atoms with Crippen LogP contribution < -0.4 is 5.32 Å². The van der Waals surface area contributed by atoms with Gasteiger partial charge in [0.15, 0.2) is 0 Å². The molecule has 1 fully saturated rings. The molecule has 94 valence electrons. The zero-order valence-electron chi connectivity index (χ0n) is 10.5. The molecule has 0 bridgehead atoms. The minimum Gasteiger partial charge on any atom is -0.384 e. The molecule has 3 nitrogen and oxygen atoms in total. The van der Waals surface area contributed by atoms with Crippen LogP contribution in [0.1, 0.15) is 30.4 Å². The van der Waals surface area contributed by atoms with E-state index in [4.69, 9.17) is 5.11 Å². The minimum atomic E-state index is -0.155. The average molecular weight is 243 g/mol. The Hall–Kier alpha value is -1.79. The number of aliphatic hydroxyl groups excluding tert-OH is 1. The molecule has 0 spiro atoms. The summed E-state index contributed by atoms with van der Waals surface area (Å²) in [5.41, 5.74) is 2.64. The SMILES string of the molecule is Cc1cc(C#CCO)cc(NC(=O)C2CCC2)c1. The number of benzene rings is 1. The average Bonchev–Trinajstić information content (AvgIpc) is 2.22. The summed E-state index contributed by atoms with van der Waals surface area (Å²) in [6.07, 6.45) is 3.14. The van der Waals surface area contributed by atoms with Crippen LogP contribution >= 0.6 is 0 Å². The highest BCUT2D eigenvalue weighted by atomic mass is 16.2. The number of carbonyl (C=O) groups excluding carboxylic acids is 1. The van der Waals surface area contributed by atoms with Crippen molar-refractivity contribution in [1.82, 2.24) is 0 Å². The van der Waals surface area contributed by atoms with E-state index in [9.17, 15) is 4.79 Å². The number of hydrogen-bond acceptors (Lipinski definition) is 2. The Labute approximate surface area is 107 Å². The Morgan fingerprint density at radius 3 is 2.83 bits per heavy atom. The van der Waals surface area contributed by atoms with E-state index in [0.717, 1.165) is 36.1 Å². The summed E-state index contributed by atoms with van der Waals surface area (Å²) in [5, 5.41) is 11.6. The topological polar surface area (TPSA) is 49.3 Å². The highest BCUT2D eigenvalue weighted by Crippen LogP contribution is 2.27. The fourth-order valence-corrected chi connectivity index (χ4v) is 1.98. The van der Waals surface area contributed by atoms with Crippen LogP contribution in [0, 0.1) is 24.7 Å². The Morgan fingerprint density at radius 2 is 2.22 bits per heavy atom. The van der Waals surface area contributed by atoms with Crippen molar-refractivity contribution in [2.24, 2.45) is 5.92 Å². The van der Waals surface area contributed by atoms with Gasteiger partial charge < -0.3 is 10.4 Å². The second-order valence-electron chi connectivity index (χ2n) is 4.66. The smallest absolute Gasteiger partial charge is 0.227 e. The number of hydrogen-bond donors (Lipinski definition) is 2. The van der Waals surface area contributed by atoms with Crippen LogP contribution in [0.2, 0.25) is 0 Å². The zero-order chi connectivity index (χ0) is 13.0. The molecule has 0 heterocycles. The van der Waals surface area contributed by atoms with Crippen molar-refractivity contribution < 1.29 is 9.90 Å². The molecular weight excluding hydrogens is 226 g/mol. The van der Waals surface area contributed by atoms with Crippen molar-refractivity contribution >= 4 is 11.6 Å².